The fourth-order valence-corrected chi connectivity index (χ4v) is 3.31. The molecule has 90 valence electrons. The highest BCUT2D eigenvalue weighted by Gasteiger charge is 2.24. The minimum Gasteiger partial charge on any atom is -0.293 e. The molecule has 0 aliphatic heterocycles. The topological polar surface area (TPSA) is 51.2 Å². The Kier molecular flexibility index (Phi) is 4.40. The zero-order chi connectivity index (χ0) is 12.5. The number of hydrogen-bond acceptors (Lipinski definition) is 4. The second kappa shape index (κ2) is 5.04. The van der Waals surface area contributed by atoms with Gasteiger partial charge in [-0.25, -0.2) is 8.42 Å². The number of rotatable bonds is 4. The monoisotopic (exact) mass is 300 g/mol. The van der Waals surface area contributed by atoms with Gasteiger partial charge in [0.15, 0.2) is 15.6 Å². The Labute approximate surface area is 108 Å². The van der Waals surface area contributed by atoms with Crippen LogP contribution in [-0.4, -0.2) is 25.2 Å². The Morgan fingerprint density at radius 1 is 1.44 bits per heavy atom. The molecule has 0 amide bonds. The molecule has 0 aromatic carbocycles. The first kappa shape index (κ1) is 14.0. The molecule has 1 rings (SSSR count). The summed E-state index contributed by atoms with van der Waals surface area (Å²) in [5, 5.41) is -0.579. The quantitative estimate of drug-likeness (QED) is 0.803. The lowest BCUT2D eigenvalue weighted by molar-refractivity contribution is 0.102. The molecule has 0 bridgehead atoms. The van der Waals surface area contributed by atoms with Crippen LogP contribution < -0.4 is 0 Å². The summed E-state index contributed by atoms with van der Waals surface area (Å²) in [5.41, 5.74) is 0.181. The van der Waals surface area contributed by atoms with Gasteiger partial charge in [-0.1, -0.05) is 23.2 Å². The molecule has 7 heteroatoms. The molecule has 16 heavy (non-hydrogen) atoms. The summed E-state index contributed by atoms with van der Waals surface area (Å²) >= 11 is 12.5. The number of halogens is 2. The van der Waals surface area contributed by atoms with Gasteiger partial charge in [-0.2, -0.15) is 0 Å². The summed E-state index contributed by atoms with van der Waals surface area (Å²) < 4.78 is 23.7. The van der Waals surface area contributed by atoms with E-state index < -0.39 is 26.6 Å². The summed E-state index contributed by atoms with van der Waals surface area (Å²) in [6, 6.07) is 1.40. The van der Waals surface area contributed by atoms with Gasteiger partial charge in [0.2, 0.25) is 0 Å². The Balaban J connectivity index is 2.94. The van der Waals surface area contributed by atoms with Gasteiger partial charge in [0.1, 0.15) is 10.1 Å². The van der Waals surface area contributed by atoms with Crippen molar-refractivity contribution in [2.24, 2.45) is 0 Å². The number of thiophene rings is 1. The van der Waals surface area contributed by atoms with Crippen molar-refractivity contribution in [1.82, 2.24) is 0 Å². The maximum atomic E-state index is 11.7. The average Bonchev–Trinajstić information content (AvgIpc) is 2.44. The Hall–Kier alpha value is -0.100. The number of sulfone groups is 1. The number of carbonyl (C=O) groups excluding carboxylic acids is 1. The Bertz CT molecular complexity index is 503. The fraction of sp³-hybridized carbons (Fsp3) is 0.444. The van der Waals surface area contributed by atoms with Crippen LogP contribution in [0.5, 0.6) is 0 Å². The second-order valence-corrected chi connectivity index (χ2v) is 8.36. The minimum atomic E-state index is -3.40. The molecule has 0 saturated heterocycles. The molecule has 0 aliphatic rings. The van der Waals surface area contributed by atoms with Crippen molar-refractivity contribution in [2.45, 2.75) is 19.1 Å². The third-order valence-corrected chi connectivity index (χ3v) is 5.60. The smallest absolute Gasteiger partial charge is 0.180 e. The van der Waals surface area contributed by atoms with Crippen LogP contribution in [0.25, 0.3) is 0 Å². The predicted octanol–water partition coefficient (Wildman–Crippen LogP) is 3.06. The predicted molar refractivity (Wildman–Crippen MR) is 67.6 cm³/mol. The minimum absolute atomic E-state index is 0.181. The van der Waals surface area contributed by atoms with E-state index in [1.165, 1.54) is 19.9 Å². The lowest BCUT2D eigenvalue weighted by Crippen LogP contribution is -2.23. The van der Waals surface area contributed by atoms with Gasteiger partial charge in [0.25, 0.3) is 0 Å². The lowest BCUT2D eigenvalue weighted by Gasteiger charge is -2.05. The highest BCUT2D eigenvalue weighted by Crippen LogP contribution is 2.31. The normalized spacial score (nSPS) is 12.1. The van der Waals surface area contributed by atoms with E-state index in [1.807, 2.05) is 0 Å². The lowest BCUT2D eigenvalue weighted by atomic mass is 10.2. The van der Waals surface area contributed by atoms with E-state index in [2.05, 4.69) is 0 Å². The van der Waals surface area contributed by atoms with Gasteiger partial charge >= 0.3 is 0 Å². The molecular weight excluding hydrogens is 291 g/mol. The van der Waals surface area contributed by atoms with Crippen molar-refractivity contribution in [2.75, 3.05) is 5.75 Å². The highest BCUT2D eigenvalue weighted by atomic mass is 35.5. The van der Waals surface area contributed by atoms with Gasteiger partial charge in [0.05, 0.1) is 9.59 Å². The molecule has 0 N–H and O–H groups in total. The van der Waals surface area contributed by atoms with Crippen LogP contribution in [0, 0.1) is 0 Å². The standard InChI is InChI=1S/C9H10Cl2O3S2/c1-5(2)16(13,14)4-7(12)6-3-8(10)15-9(6)11/h3,5H,4H2,1-2H3. The van der Waals surface area contributed by atoms with Crippen molar-refractivity contribution >= 4 is 50.2 Å². The number of ketones is 1. The summed E-state index contributed by atoms with van der Waals surface area (Å²) in [6.07, 6.45) is 0. The van der Waals surface area contributed by atoms with Gasteiger partial charge in [-0.05, 0) is 19.9 Å². The maximum absolute atomic E-state index is 11.7. The van der Waals surface area contributed by atoms with E-state index >= 15 is 0 Å². The first-order valence-corrected chi connectivity index (χ1v) is 7.72. The molecule has 0 radical (unpaired) electrons. The van der Waals surface area contributed by atoms with Crippen LogP contribution in [0.3, 0.4) is 0 Å². The van der Waals surface area contributed by atoms with Gasteiger partial charge < -0.3 is 0 Å². The van der Waals surface area contributed by atoms with E-state index in [4.69, 9.17) is 23.2 Å². The molecule has 0 spiro atoms. The van der Waals surface area contributed by atoms with E-state index in [0.717, 1.165) is 11.3 Å². The van der Waals surface area contributed by atoms with Crippen molar-refractivity contribution in [1.29, 1.82) is 0 Å². The molecule has 1 aromatic rings. The number of carbonyl (C=O) groups is 1. The number of hydrogen-bond donors (Lipinski definition) is 0. The van der Waals surface area contributed by atoms with E-state index in [-0.39, 0.29) is 9.90 Å². The first-order chi connectivity index (χ1) is 7.24. The zero-order valence-electron chi connectivity index (χ0n) is 8.66. The molecule has 0 fully saturated rings. The summed E-state index contributed by atoms with van der Waals surface area (Å²) in [4.78, 5) is 11.7. The average molecular weight is 301 g/mol. The largest absolute Gasteiger partial charge is 0.293 e. The Morgan fingerprint density at radius 3 is 2.38 bits per heavy atom. The fourth-order valence-electron chi connectivity index (χ4n) is 0.958. The molecule has 0 saturated carbocycles. The number of Topliss-reactive ketones (excluding diaryl/α,β-unsaturated/α-hetero) is 1. The molecular formula is C9H10Cl2O3S2. The van der Waals surface area contributed by atoms with Crippen molar-refractivity contribution < 1.29 is 13.2 Å². The van der Waals surface area contributed by atoms with Gasteiger partial charge in [-0.3, -0.25) is 4.79 Å². The molecule has 0 unspecified atom stereocenters. The molecule has 0 aliphatic carbocycles. The highest BCUT2D eigenvalue weighted by molar-refractivity contribution is 7.92. The third-order valence-electron chi connectivity index (χ3n) is 2.01. The SMILES string of the molecule is CC(C)S(=O)(=O)CC(=O)c1cc(Cl)sc1Cl. The van der Waals surface area contributed by atoms with Crippen LogP contribution in [0.1, 0.15) is 24.2 Å². The second-order valence-electron chi connectivity index (χ2n) is 3.52. The summed E-state index contributed by atoms with van der Waals surface area (Å²) in [7, 11) is -3.40. The van der Waals surface area contributed by atoms with Gasteiger partial charge in [-0.15, -0.1) is 11.3 Å². The van der Waals surface area contributed by atoms with Crippen molar-refractivity contribution in [3.05, 3.63) is 20.3 Å². The van der Waals surface area contributed by atoms with Crippen molar-refractivity contribution in [3.8, 4) is 0 Å². The van der Waals surface area contributed by atoms with Crippen LogP contribution >= 0.6 is 34.5 Å². The molecule has 1 heterocycles. The molecule has 0 atom stereocenters. The third kappa shape index (κ3) is 3.20. The van der Waals surface area contributed by atoms with Gasteiger partial charge in [0, 0.05) is 5.56 Å². The molecule has 3 nitrogen and oxygen atoms in total. The zero-order valence-corrected chi connectivity index (χ0v) is 11.8. The van der Waals surface area contributed by atoms with E-state index in [1.54, 1.807) is 0 Å². The summed E-state index contributed by atoms with van der Waals surface area (Å²) in [5.74, 6) is -1.04. The van der Waals surface area contributed by atoms with Crippen LogP contribution in [0.2, 0.25) is 8.67 Å². The van der Waals surface area contributed by atoms with Crippen LogP contribution in [-0.2, 0) is 9.84 Å². The van der Waals surface area contributed by atoms with E-state index in [9.17, 15) is 13.2 Å². The summed E-state index contributed by atoms with van der Waals surface area (Å²) in [6.45, 7) is 3.07. The first-order valence-electron chi connectivity index (χ1n) is 4.43. The maximum Gasteiger partial charge on any atom is 0.180 e. The van der Waals surface area contributed by atoms with Crippen LogP contribution in [0.15, 0.2) is 6.07 Å². The van der Waals surface area contributed by atoms with Crippen molar-refractivity contribution in [3.63, 3.8) is 0 Å². The van der Waals surface area contributed by atoms with E-state index in [0.29, 0.717) is 4.34 Å². The Morgan fingerprint density at radius 2 is 2.00 bits per heavy atom. The van der Waals surface area contributed by atoms with Crippen LogP contribution in [0.4, 0.5) is 0 Å². The molecule has 1 aromatic heterocycles.